The van der Waals surface area contributed by atoms with Crippen molar-refractivity contribution < 1.29 is 0 Å². The van der Waals surface area contributed by atoms with Gasteiger partial charge in [-0.05, 0) is 29.5 Å². The third-order valence-electron chi connectivity index (χ3n) is 0.289. The first-order chi connectivity index (χ1) is 2.77. The van der Waals surface area contributed by atoms with Gasteiger partial charge in [-0.1, -0.05) is 0 Å². The molecule has 0 saturated heterocycles. The normalized spacial score (nSPS) is 12.2. The van der Waals surface area contributed by atoms with Gasteiger partial charge in [-0.15, -0.1) is 12.6 Å². The van der Waals surface area contributed by atoms with E-state index in [4.69, 9.17) is 0 Å². The topological polar surface area (TPSA) is 12.4 Å². The van der Waals surface area contributed by atoms with Crippen molar-refractivity contribution in [2.45, 2.75) is 6.92 Å². The molecule has 0 aliphatic rings. The molecule has 36 valence electrons. The van der Waals surface area contributed by atoms with E-state index in [0.29, 0.717) is 0 Å². The van der Waals surface area contributed by atoms with Crippen molar-refractivity contribution in [1.82, 2.24) is 0 Å². The van der Waals surface area contributed by atoms with Crippen LogP contribution in [0.4, 0.5) is 0 Å². The average Bonchev–Trinajstić information content (AvgIpc) is 1.35. The predicted molar refractivity (Wildman–Crippen MR) is 41.0 cm³/mol. The second-order valence-electron chi connectivity index (χ2n) is 0.743. The van der Waals surface area contributed by atoms with E-state index in [1.54, 1.807) is 0 Å². The van der Waals surface area contributed by atoms with Crippen molar-refractivity contribution in [1.29, 1.82) is 0 Å². The molecule has 0 atom stereocenters. The van der Waals surface area contributed by atoms with E-state index in [1.807, 2.05) is 6.92 Å². The third-order valence-corrected chi connectivity index (χ3v) is 0.771. The number of rotatable bonds is 1. The van der Waals surface area contributed by atoms with E-state index >= 15 is 0 Å². The molecule has 0 saturated carbocycles. The van der Waals surface area contributed by atoms with Crippen molar-refractivity contribution in [3.05, 3.63) is 0 Å². The Bertz CT molecular complexity index is 57.8. The highest BCUT2D eigenvalue weighted by atomic mass is 127. The summed E-state index contributed by atoms with van der Waals surface area (Å²) >= 11 is 5.97. The molecule has 0 aliphatic carbocycles. The summed E-state index contributed by atoms with van der Waals surface area (Å²) in [6, 6.07) is 0. The van der Waals surface area contributed by atoms with Gasteiger partial charge in [-0.25, -0.2) is 0 Å². The van der Waals surface area contributed by atoms with Crippen LogP contribution in [-0.4, -0.2) is 9.60 Å². The fourth-order valence-corrected chi connectivity index (χ4v) is 0.613. The van der Waals surface area contributed by atoms with E-state index in [1.165, 1.54) is 0 Å². The van der Waals surface area contributed by atoms with Crippen LogP contribution in [0.3, 0.4) is 0 Å². The molecule has 0 spiro atoms. The Balaban J connectivity index is 3.14. The highest BCUT2D eigenvalue weighted by molar-refractivity contribution is 14.1. The zero-order valence-electron chi connectivity index (χ0n) is 3.48. The van der Waals surface area contributed by atoms with Gasteiger partial charge in [0.2, 0.25) is 0 Å². The number of hydrogen-bond acceptors (Lipinski definition) is 1. The van der Waals surface area contributed by atoms with Gasteiger partial charge in [0.05, 0.1) is 0 Å². The number of halogens is 1. The molecule has 0 N–H and O–H groups in total. The molecule has 0 unspecified atom stereocenters. The second-order valence-corrected chi connectivity index (χ2v) is 3.04. The highest BCUT2D eigenvalue weighted by Gasteiger charge is 1.72. The summed E-state index contributed by atoms with van der Waals surface area (Å²) < 4.78 is 0.829. The maximum absolute atomic E-state index is 3.91. The smallest absolute Gasteiger partial charge is 0.125 e. The molecule has 0 heterocycles. The van der Waals surface area contributed by atoms with E-state index in [9.17, 15) is 0 Å². The molecule has 0 aromatic rings. The van der Waals surface area contributed by atoms with Gasteiger partial charge in [0.1, 0.15) is 3.05 Å². The second kappa shape index (κ2) is 3.92. The summed E-state index contributed by atoms with van der Waals surface area (Å²) in [6.45, 7) is 2.82. The maximum Gasteiger partial charge on any atom is 0.125 e. The minimum absolute atomic E-state index is 0.829. The first-order valence-corrected chi connectivity index (χ1v) is 3.19. The molecule has 0 aromatic heterocycles. The van der Waals surface area contributed by atoms with Gasteiger partial charge in [0.25, 0.3) is 0 Å². The van der Waals surface area contributed by atoms with E-state index < -0.39 is 0 Å². The van der Waals surface area contributed by atoms with Crippen LogP contribution in [0.15, 0.2) is 4.99 Å². The fraction of sp³-hybridized carbons (Fsp3) is 0.667. The molecular formula is C3H6INS. The summed E-state index contributed by atoms with van der Waals surface area (Å²) in [5, 5.41) is 0. The predicted octanol–water partition coefficient (Wildman–Crippen LogP) is 1.73. The first-order valence-electron chi connectivity index (χ1n) is 1.66. The van der Waals surface area contributed by atoms with E-state index in [2.05, 4.69) is 40.2 Å². The maximum atomic E-state index is 3.91. The molecule has 0 radical (unpaired) electrons. The molecule has 1 nitrogen and oxygen atoms in total. The summed E-state index contributed by atoms with van der Waals surface area (Å²) in [6.07, 6.45) is 0. The van der Waals surface area contributed by atoms with Gasteiger partial charge < -0.3 is 0 Å². The van der Waals surface area contributed by atoms with E-state index in [-0.39, 0.29) is 0 Å². The minimum Gasteiger partial charge on any atom is -0.273 e. The van der Waals surface area contributed by atoms with E-state index in [0.717, 1.165) is 9.60 Å². The zero-order chi connectivity index (χ0) is 4.99. The van der Waals surface area contributed by atoms with Gasteiger partial charge in [-0.2, -0.15) is 0 Å². The summed E-state index contributed by atoms with van der Waals surface area (Å²) in [4.78, 5) is 3.89. The molecule has 0 aliphatic heterocycles. The molecular weight excluding hydrogens is 209 g/mol. The molecule has 0 amide bonds. The Kier molecular flexibility index (Phi) is 4.41. The quantitative estimate of drug-likeness (QED) is 0.296. The zero-order valence-corrected chi connectivity index (χ0v) is 6.53. The molecule has 0 aromatic carbocycles. The van der Waals surface area contributed by atoms with Gasteiger partial charge in [0, 0.05) is 6.54 Å². The standard InChI is InChI=1S/C3H6INS/c1-2-5-3(4)6/h2H2,1H3,(H,5,6). The molecule has 0 rings (SSSR count). The van der Waals surface area contributed by atoms with Gasteiger partial charge in [0.15, 0.2) is 0 Å². The fourth-order valence-electron chi connectivity index (χ4n) is 0.130. The molecule has 6 heavy (non-hydrogen) atoms. The van der Waals surface area contributed by atoms with Crippen LogP contribution < -0.4 is 0 Å². The monoisotopic (exact) mass is 215 g/mol. The average molecular weight is 215 g/mol. The Morgan fingerprint density at radius 2 is 2.50 bits per heavy atom. The molecule has 3 heteroatoms. The third kappa shape index (κ3) is 4.75. The van der Waals surface area contributed by atoms with Crippen LogP contribution in [0.5, 0.6) is 0 Å². The Labute approximate surface area is 56.8 Å². The summed E-state index contributed by atoms with van der Waals surface area (Å²) in [5.74, 6) is 0. The lowest BCUT2D eigenvalue weighted by molar-refractivity contribution is 1.14. The van der Waals surface area contributed by atoms with Crippen LogP contribution >= 0.6 is 35.2 Å². The Hall–Kier alpha value is 0.750. The Morgan fingerprint density at radius 1 is 2.00 bits per heavy atom. The van der Waals surface area contributed by atoms with Crippen LogP contribution in [0, 0.1) is 0 Å². The number of hydrogen-bond donors (Lipinski definition) is 1. The number of thiol groups is 1. The molecule has 0 bridgehead atoms. The molecule has 0 fully saturated rings. The largest absolute Gasteiger partial charge is 0.273 e. The lowest BCUT2D eigenvalue weighted by Gasteiger charge is -1.77. The highest BCUT2D eigenvalue weighted by Crippen LogP contribution is 1.93. The Morgan fingerprint density at radius 3 is 2.50 bits per heavy atom. The van der Waals surface area contributed by atoms with Gasteiger partial charge in [-0.3, -0.25) is 4.99 Å². The summed E-state index contributed by atoms with van der Waals surface area (Å²) in [7, 11) is 0. The van der Waals surface area contributed by atoms with Crippen LogP contribution in [0.1, 0.15) is 6.92 Å². The lowest BCUT2D eigenvalue weighted by atomic mass is 10.8. The minimum atomic E-state index is 0.829. The van der Waals surface area contributed by atoms with Crippen LogP contribution in [-0.2, 0) is 0 Å². The van der Waals surface area contributed by atoms with Crippen molar-refractivity contribution in [3.63, 3.8) is 0 Å². The SMILES string of the molecule is CCN=C(S)I. The summed E-state index contributed by atoms with van der Waals surface area (Å²) in [5.41, 5.74) is 0. The van der Waals surface area contributed by atoms with Gasteiger partial charge >= 0.3 is 0 Å². The lowest BCUT2D eigenvalue weighted by Crippen LogP contribution is -1.70. The van der Waals surface area contributed by atoms with Crippen molar-refractivity contribution in [2.75, 3.05) is 6.54 Å². The number of aliphatic imine (C=N–C) groups is 1. The number of nitrogens with zero attached hydrogens (tertiary/aromatic N) is 1. The van der Waals surface area contributed by atoms with Crippen LogP contribution in [0.25, 0.3) is 0 Å². The van der Waals surface area contributed by atoms with Crippen molar-refractivity contribution >= 4 is 38.3 Å². The first kappa shape index (κ1) is 6.75. The van der Waals surface area contributed by atoms with Crippen LogP contribution in [0.2, 0.25) is 0 Å². The van der Waals surface area contributed by atoms with Crippen molar-refractivity contribution in [3.8, 4) is 0 Å². The van der Waals surface area contributed by atoms with Crippen molar-refractivity contribution in [2.24, 2.45) is 4.99 Å².